The second kappa shape index (κ2) is 10.0. The molecular weight excluding hydrogens is 354 g/mol. The Kier molecular flexibility index (Phi) is 7.17. The molecule has 2 aromatic carbocycles. The van der Waals surface area contributed by atoms with Crippen molar-refractivity contribution in [3.63, 3.8) is 0 Å². The average molecular weight is 381 g/mol. The quantitative estimate of drug-likeness (QED) is 0.768. The molecule has 1 saturated heterocycles. The van der Waals surface area contributed by atoms with E-state index in [9.17, 15) is 9.59 Å². The van der Waals surface area contributed by atoms with Crippen molar-refractivity contribution in [2.45, 2.75) is 20.0 Å². The first-order valence-corrected chi connectivity index (χ1v) is 9.59. The van der Waals surface area contributed by atoms with E-state index in [-0.39, 0.29) is 18.4 Å². The standard InChI is InChI=1S/C22H27N3O3/c1-17-3-2-4-20(13-17)22(27)24-15-21(26)23-14-18-5-7-19(8-6-18)16-25-9-11-28-12-10-25/h2-8,13H,9-12,14-16H2,1H3,(H,23,26)(H,24,27). The summed E-state index contributed by atoms with van der Waals surface area (Å²) in [6, 6.07) is 15.5. The van der Waals surface area contributed by atoms with Gasteiger partial charge in [-0.1, -0.05) is 42.0 Å². The average Bonchev–Trinajstić information content (AvgIpc) is 2.72. The Morgan fingerprint density at radius 2 is 1.71 bits per heavy atom. The van der Waals surface area contributed by atoms with E-state index in [0.717, 1.165) is 44.0 Å². The third kappa shape index (κ3) is 6.18. The van der Waals surface area contributed by atoms with E-state index in [1.54, 1.807) is 12.1 Å². The van der Waals surface area contributed by atoms with Gasteiger partial charge < -0.3 is 15.4 Å². The SMILES string of the molecule is Cc1cccc(C(=O)NCC(=O)NCc2ccc(CN3CCOCC3)cc2)c1. The molecule has 0 unspecified atom stereocenters. The molecule has 1 aliphatic rings. The van der Waals surface area contributed by atoms with Crippen molar-refractivity contribution in [1.29, 1.82) is 0 Å². The molecule has 28 heavy (non-hydrogen) atoms. The van der Waals surface area contributed by atoms with Gasteiger partial charge in [-0.05, 0) is 30.2 Å². The van der Waals surface area contributed by atoms with E-state index in [2.05, 4.69) is 27.7 Å². The van der Waals surface area contributed by atoms with Crippen LogP contribution in [0.25, 0.3) is 0 Å². The number of aryl methyl sites for hydroxylation is 1. The number of amides is 2. The number of hydrogen-bond donors (Lipinski definition) is 2. The van der Waals surface area contributed by atoms with Gasteiger partial charge in [0, 0.05) is 31.7 Å². The van der Waals surface area contributed by atoms with Crippen LogP contribution in [0.2, 0.25) is 0 Å². The molecule has 0 bridgehead atoms. The number of nitrogens with zero attached hydrogens (tertiary/aromatic N) is 1. The first kappa shape index (κ1) is 20.0. The number of morpholine rings is 1. The Bertz CT molecular complexity index is 799. The maximum atomic E-state index is 12.1. The lowest BCUT2D eigenvalue weighted by molar-refractivity contribution is -0.120. The van der Waals surface area contributed by atoms with Crippen LogP contribution in [-0.4, -0.2) is 49.6 Å². The zero-order chi connectivity index (χ0) is 19.8. The molecule has 0 atom stereocenters. The van der Waals surface area contributed by atoms with Crippen molar-refractivity contribution in [2.24, 2.45) is 0 Å². The Balaban J connectivity index is 1.39. The fraction of sp³-hybridized carbons (Fsp3) is 0.364. The van der Waals surface area contributed by atoms with Crippen molar-refractivity contribution < 1.29 is 14.3 Å². The molecule has 0 aromatic heterocycles. The molecule has 0 aliphatic carbocycles. The molecule has 2 aromatic rings. The first-order chi connectivity index (χ1) is 13.6. The second-order valence-electron chi connectivity index (χ2n) is 7.03. The number of carbonyl (C=O) groups is 2. The van der Waals surface area contributed by atoms with Crippen molar-refractivity contribution >= 4 is 11.8 Å². The van der Waals surface area contributed by atoms with E-state index < -0.39 is 0 Å². The fourth-order valence-corrected chi connectivity index (χ4v) is 3.09. The van der Waals surface area contributed by atoms with Gasteiger partial charge in [0.25, 0.3) is 5.91 Å². The summed E-state index contributed by atoms with van der Waals surface area (Å²) >= 11 is 0. The highest BCUT2D eigenvalue weighted by Crippen LogP contribution is 2.09. The molecule has 6 nitrogen and oxygen atoms in total. The van der Waals surface area contributed by atoms with Crippen LogP contribution in [0.4, 0.5) is 0 Å². The molecule has 1 heterocycles. The third-order valence-electron chi connectivity index (χ3n) is 4.71. The van der Waals surface area contributed by atoms with Crippen LogP contribution in [0.15, 0.2) is 48.5 Å². The molecule has 0 radical (unpaired) electrons. The summed E-state index contributed by atoms with van der Waals surface area (Å²) in [5.74, 6) is -0.454. The summed E-state index contributed by atoms with van der Waals surface area (Å²) < 4.78 is 5.37. The fourth-order valence-electron chi connectivity index (χ4n) is 3.09. The van der Waals surface area contributed by atoms with E-state index >= 15 is 0 Å². The van der Waals surface area contributed by atoms with Crippen molar-refractivity contribution in [2.75, 3.05) is 32.8 Å². The Hall–Kier alpha value is -2.70. The summed E-state index contributed by atoms with van der Waals surface area (Å²) in [5.41, 5.74) is 3.85. The molecule has 1 aliphatic heterocycles. The molecule has 3 rings (SSSR count). The topological polar surface area (TPSA) is 70.7 Å². The zero-order valence-electron chi connectivity index (χ0n) is 16.2. The third-order valence-corrected chi connectivity index (χ3v) is 4.71. The van der Waals surface area contributed by atoms with E-state index in [4.69, 9.17) is 4.74 Å². The maximum absolute atomic E-state index is 12.1. The minimum absolute atomic E-state index is 0.0398. The van der Waals surface area contributed by atoms with Crippen LogP contribution in [0.3, 0.4) is 0 Å². The van der Waals surface area contributed by atoms with Gasteiger partial charge in [-0.3, -0.25) is 14.5 Å². The summed E-state index contributed by atoms with van der Waals surface area (Å²) in [7, 11) is 0. The van der Waals surface area contributed by atoms with Crippen LogP contribution in [0.5, 0.6) is 0 Å². The molecule has 2 N–H and O–H groups in total. The highest BCUT2D eigenvalue weighted by molar-refractivity contribution is 5.96. The summed E-state index contributed by atoms with van der Waals surface area (Å²) in [4.78, 5) is 26.5. The van der Waals surface area contributed by atoms with Gasteiger partial charge in [0.2, 0.25) is 5.91 Å². The van der Waals surface area contributed by atoms with Crippen LogP contribution in [-0.2, 0) is 22.6 Å². The Morgan fingerprint density at radius 1 is 1.00 bits per heavy atom. The van der Waals surface area contributed by atoms with Crippen LogP contribution in [0.1, 0.15) is 27.0 Å². The minimum Gasteiger partial charge on any atom is -0.379 e. The highest BCUT2D eigenvalue weighted by Gasteiger charge is 2.11. The van der Waals surface area contributed by atoms with Gasteiger partial charge in [-0.25, -0.2) is 0 Å². The van der Waals surface area contributed by atoms with Gasteiger partial charge in [0.15, 0.2) is 0 Å². The smallest absolute Gasteiger partial charge is 0.251 e. The molecule has 0 saturated carbocycles. The first-order valence-electron chi connectivity index (χ1n) is 9.59. The summed E-state index contributed by atoms with van der Waals surface area (Å²) in [6.45, 7) is 6.77. The van der Waals surface area contributed by atoms with Gasteiger partial charge in [0.05, 0.1) is 19.8 Å². The Morgan fingerprint density at radius 3 is 2.43 bits per heavy atom. The molecular formula is C22H27N3O3. The predicted octanol–water partition coefficient (Wildman–Crippen LogP) is 1.87. The maximum Gasteiger partial charge on any atom is 0.251 e. The largest absolute Gasteiger partial charge is 0.379 e. The number of hydrogen-bond acceptors (Lipinski definition) is 4. The number of rotatable bonds is 7. The summed E-state index contributed by atoms with van der Waals surface area (Å²) in [6.07, 6.45) is 0. The van der Waals surface area contributed by atoms with Crippen molar-refractivity contribution in [1.82, 2.24) is 15.5 Å². The zero-order valence-corrected chi connectivity index (χ0v) is 16.2. The van der Waals surface area contributed by atoms with Crippen LogP contribution >= 0.6 is 0 Å². The normalized spacial score (nSPS) is 14.5. The molecule has 2 amide bonds. The van der Waals surface area contributed by atoms with E-state index in [1.807, 2.05) is 31.2 Å². The lowest BCUT2D eigenvalue weighted by Gasteiger charge is -2.26. The van der Waals surface area contributed by atoms with Crippen LogP contribution in [0, 0.1) is 6.92 Å². The molecule has 148 valence electrons. The Labute approximate surface area is 165 Å². The molecule has 1 fully saturated rings. The molecule has 0 spiro atoms. The van der Waals surface area contributed by atoms with E-state index in [1.165, 1.54) is 5.56 Å². The number of nitrogens with one attached hydrogen (secondary N) is 2. The van der Waals surface area contributed by atoms with Crippen molar-refractivity contribution in [3.05, 3.63) is 70.8 Å². The lowest BCUT2D eigenvalue weighted by Crippen LogP contribution is -2.36. The predicted molar refractivity (Wildman–Crippen MR) is 108 cm³/mol. The lowest BCUT2D eigenvalue weighted by atomic mass is 10.1. The van der Waals surface area contributed by atoms with E-state index in [0.29, 0.717) is 12.1 Å². The van der Waals surface area contributed by atoms with Gasteiger partial charge in [-0.2, -0.15) is 0 Å². The molecule has 6 heteroatoms. The van der Waals surface area contributed by atoms with Gasteiger partial charge in [-0.15, -0.1) is 0 Å². The minimum atomic E-state index is -0.244. The number of benzene rings is 2. The van der Waals surface area contributed by atoms with Gasteiger partial charge >= 0.3 is 0 Å². The monoisotopic (exact) mass is 381 g/mol. The highest BCUT2D eigenvalue weighted by atomic mass is 16.5. The van der Waals surface area contributed by atoms with Crippen LogP contribution < -0.4 is 10.6 Å². The van der Waals surface area contributed by atoms with Gasteiger partial charge in [0.1, 0.15) is 0 Å². The van der Waals surface area contributed by atoms with Crippen molar-refractivity contribution in [3.8, 4) is 0 Å². The number of ether oxygens (including phenoxy) is 1. The number of carbonyl (C=O) groups excluding carboxylic acids is 2. The second-order valence-corrected chi connectivity index (χ2v) is 7.03. The summed E-state index contributed by atoms with van der Waals surface area (Å²) in [5, 5.41) is 5.49.